The average Bonchev–Trinajstić information content (AvgIpc) is 2.83. The second-order valence-corrected chi connectivity index (χ2v) is 5.42. The van der Waals surface area contributed by atoms with Gasteiger partial charge in [-0.15, -0.1) is 0 Å². The molecule has 0 aliphatic rings. The molecule has 0 fully saturated rings. The fourth-order valence-electron chi connectivity index (χ4n) is 2.45. The highest BCUT2D eigenvalue weighted by Gasteiger charge is 2.26. The van der Waals surface area contributed by atoms with Crippen molar-refractivity contribution in [3.63, 3.8) is 0 Å². The lowest BCUT2D eigenvalue weighted by Gasteiger charge is -2.23. The van der Waals surface area contributed by atoms with Crippen molar-refractivity contribution in [2.45, 2.75) is 13.0 Å². The summed E-state index contributed by atoms with van der Waals surface area (Å²) in [5.41, 5.74) is 1.99. The number of benzene rings is 1. The molecule has 0 saturated heterocycles. The lowest BCUT2D eigenvalue weighted by atomic mass is 10.0. The molecule has 0 bridgehead atoms. The minimum absolute atomic E-state index is 0.0806. The fourth-order valence-corrected chi connectivity index (χ4v) is 3.03. The summed E-state index contributed by atoms with van der Waals surface area (Å²) in [6.45, 7) is 2.88. The van der Waals surface area contributed by atoms with E-state index >= 15 is 0 Å². The van der Waals surface area contributed by atoms with Gasteiger partial charge in [-0.05, 0) is 34.6 Å². The van der Waals surface area contributed by atoms with Crippen LogP contribution in [0, 0.1) is 0 Å². The first-order valence-electron chi connectivity index (χ1n) is 6.75. The zero-order valence-corrected chi connectivity index (χ0v) is 14.3. The zero-order chi connectivity index (χ0) is 15.4. The van der Waals surface area contributed by atoms with Crippen molar-refractivity contribution in [3.8, 4) is 11.5 Å². The minimum Gasteiger partial charge on any atom is -0.496 e. The first kappa shape index (κ1) is 15.9. The van der Waals surface area contributed by atoms with E-state index in [1.165, 1.54) is 0 Å². The molecule has 1 unspecified atom stereocenters. The van der Waals surface area contributed by atoms with Gasteiger partial charge in [0.05, 0.1) is 42.2 Å². The van der Waals surface area contributed by atoms with Crippen LogP contribution in [0.3, 0.4) is 0 Å². The molecule has 1 heterocycles. The zero-order valence-electron chi connectivity index (χ0n) is 12.7. The Kier molecular flexibility index (Phi) is 5.25. The van der Waals surface area contributed by atoms with E-state index < -0.39 is 0 Å². The van der Waals surface area contributed by atoms with E-state index in [1.54, 1.807) is 20.4 Å². The molecule has 0 aliphatic carbocycles. The number of nitrogens with one attached hydrogen (secondary N) is 1. The molecule has 2 rings (SSSR count). The molecule has 21 heavy (non-hydrogen) atoms. The van der Waals surface area contributed by atoms with E-state index in [-0.39, 0.29) is 6.04 Å². The molecule has 114 valence electrons. The van der Waals surface area contributed by atoms with Gasteiger partial charge in [-0.2, -0.15) is 5.10 Å². The van der Waals surface area contributed by atoms with Crippen LogP contribution in [0.15, 0.2) is 28.9 Å². The average molecular weight is 354 g/mol. The Bertz CT molecular complexity index is 571. The Labute approximate surface area is 133 Å². The van der Waals surface area contributed by atoms with Gasteiger partial charge in [0.25, 0.3) is 0 Å². The highest BCUT2D eigenvalue weighted by molar-refractivity contribution is 9.10. The summed E-state index contributed by atoms with van der Waals surface area (Å²) in [6.07, 6.45) is 1.79. The number of halogens is 1. The van der Waals surface area contributed by atoms with Gasteiger partial charge in [0.1, 0.15) is 11.5 Å². The Balaban J connectivity index is 2.63. The second kappa shape index (κ2) is 6.95. The molecular weight excluding hydrogens is 334 g/mol. The molecule has 0 radical (unpaired) electrons. The van der Waals surface area contributed by atoms with Gasteiger partial charge in [-0.1, -0.05) is 13.0 Å². The SMILES string of the molecule is CCNC(c1c(OC)cccc1OC)c1c(Br)cnn1C. The van der Waals surface area contributed by atoms with Gasteiger partial charge in [0.15, 0.2) is 0 Å². The Hall–Kier alpha value is -1.53. The van der Waals surface area contributed by atoms with Crippen molar-refractivity contribution in [1.82, 2.24) is 15.1 Å². The van der Waals surface area contributed by atoms with E-state index in [9.17, 15) is 0 Å². The Morgan fingerprint density at radius 2 is 1.90 bits per heavy atom. The van der Waals surface area contributed by atoms with Crippen LogP contribution >= 0.6 is 15.9 Å². The van der Waals surface area contributed by atoms with Crippen molar-refractivity contribution in [1.29, 1.82) is 0 Å². The van der Waals surface area contributed by atoms with Crippen LogP contribution in [0.2, 0.25) is 0 Å². The number of aryl methyl sites for hydroxylation is 1. The maximum atomic E-state index is 5.53. The van der Waals surface area contributed by atoms with Crippen LogP contribution in [0.25, 0.3) is 0 Å². The largest absolute Gasteiger partial charge is 0.496 e. The molecule has 0 aliphatic heterocycles. The van der Waals surface area contributed by atoms with Gasteiger partial charge < -0.3 is 14.8 Å². The van der Waals surface area contributed by atoms with Crippen LogP contribution < -0.4 is 14.8 Å². The normalized spacial score (nSPS) is 12.2. The van der Waals surface area contributed by atoms with Gasteiger partial charge >= 0.3 is 0 Å². The number of aromatic nitrogens is 2. The van der Waals surface area contributed by atoms with E-state index in [0.717, 1.165) is 33.8 Å². The quantitative estimate of drug-likeness (QED) is 0.867. The lowest BCUT2D eigenvalue weighted by Crippen LogP contribution is -2.25. The summed E-state index contributed by atoms with van der Waals surface area (Å²) in [4.78, 5) is 0. The van der Waals surface area contributed by atoms with E-state index in [0.29, 0.717) is 0 Å². The van der Waals surface area contributed by atoms with Crippen LogP contribution in [-0.4, -0.2) is 30.5 Å². The molecule has 1 aromatic heterocycles. The summed E-state index contributed by atoms with van der Waals surface area (Å²) >= 11 is 3.57. The van der Waals surface area contributed by atoms with Crippen molar-refractivity contribution in [2.24, 2.45) is 7.05 Å². The van der Waals surface area contributed by atoms with Crippen molar-refractivity contribution >= 4 is 15.9 Å². The monoisotopic (exact) mass is 353 g/mol. The second-order valence-electron chi connectivity index (χ2n) is 4.57. The van der Waals surface area contributed by atoms with E-state index in [1.807, 2.05) is 29.9 Å². The maximum absolute atomic E-state index is 5.53. The van der Waals surface area contributed by atoms with Crippen LogP contribution in [0.5, 0.6) is 11.5 Å². The van der Waals surface area contributed by atoms with Crippen LogP contribution in [0.1, 0.15) is 24.2 Å². The number of hydrogen-bond donors (Lipinski definition) is 1. The lowest BCUT2D eigenvalue weighted by molar-refractivity contribution is 0.375. The third kappa shape index (κ3) is 3.06. The molecule has 2 aromatic rings. The molecule has 0 saturated carbocycles. The van der Waals surface area contributed by atoms with Crippen LogP contribution in [-0.2, 0) is 7.05 Å². The number of hydrogen-bond acceptors (Lipinski definition) is 4. The molecular formula is C15H20BrN3O2. The summed E-state index contributed by atoms with van der Waals surface area (Å²) in [5.74, 6) is 1.57. The first-order valence-corrected chi connectivity index (χ1v) is 7.55. The summed E-state index contributed by atoms with van der Waals surface area (Å²) in [7, 11) is 5.26. The van der Waals surface area contributed by atoms with Crippen molar-refractivity contribution in [2.75, 3.05) is 20.8 Å². The number of rotatable bonds is 6. The Morgan fingerprint density at radius 3 is 2.33 bits per heavy atom. The third-order valence-electron chi connectivity index (χ3n) is 3.37. The predicted octanol–water partition coefficient (Wildman–Crippen LogP) is 2.90. The molecule has 1 atom stereocenters. The smallest absolute Gasteiger partial charge is 0.127 e. The third-order valence-corrected chi connectivity index (χ3v) is 3.98. The Morgan fingerprint density at radius 1 is 1.29 bits per heavy atom. The number of methoxy groups -OCH3 is 2. The number of nitrogens with zero attached hydrogens (tertiary/aromatic N) is 2. The minimum atomic E-state index is -0.0806. The topological polar surface area (TPSA) is 48.3 Å². The summed E-state index contributed by atoms with van der Waals surface area (Å²) in [5, 5.41) is 7.79. The molecule has 1 N–H and O–H groups in total. The van der Waals surface area contributed by atoms with Crippen molar-refractivity contribution in [3.05, 3.63) is 40.1 Å². The molecule has 0 spiro atoms. The van der Waals surface area contributed by atoms with E-state index in [4.69, 9.17) is 9.47 Å². The molecule has 6 heteroatoms. The van der Waals surface area contributed by atoms with Gasteiger partial charge in [-0.25, -0.2) is 0 Å². The molecule has 5 nitrogen and oxygen atoms in total. The first-order chi connectivity index (χ1) is 10.1. The maximum Gasteiger partial charge on any atom is 0.127 e. The van der Waals surface area contributed by atoms with Gasteiger partial charge in [-0.3, -0.25) is 4.68 Å². The van der Waals surface area contributed by atoms with Crippen molar-refractivity contribution < 1.29 is 9.47 Å². The highest BCUT2D eigenvalue weighted by Crippen LogP contribution is 2.39. The van der Waals surface area contributed by atoms with Gasteiger partial charge in [0.2, 0.25) is 0 Å². The molecule has 0 amide bonds. The summed E-state index contributed by atoms with van der Waals surface area (Å²) < 4.78 is 13.9. The number of ether oxygens (including phenoxy) is 2. The highest BCUT2D eigenvalue weighted by atomic mass is 79.9. The summed E-state index contributed by atoms with van der Waals surface area (Å²) in [6, 6.07) is 5.71. The molecule has 1 aromatic carbocycles. The van der Waals surface area contributed by atoms with Crippen LogP contribution in [0.4, 0.5) is 0 Å². The van der Waals surface area contributed by atoms with E-state index in [2.05, 4.69) is 33.3 Å². The fraction of sp³-hybridized carbons (Fsp3) is 0.400. The standard InChI is InChI=1S/C15H20BrN3O2/c1-5-17-14(15-10(16)9-18-19(15)2)13-11(20-3)7-6-8-12(13)21-4/h6-9,14,17H,5H2,1-4H3. The predicted molar refractivity (Wildman–Crippen MR) is 86.0 cm³/mol. The van der Waals surface area contributed by atoms with Gasteiger partial charge in [0, 0.05) is 7.05 Å².